The Labute approximate surface area is 324 Å². The van der Waals surface area contributed by atoms with Crippen molar-refractivity contribution in [3.63, 3.8) is 0 Å². The standard InChI is InChI=1S/C39H42N6O10S/c1-23(46)42-31(13-14-56(2)53)38(51)41-20-35(48)45-21-29(54-22-24-7-4-3-5-8-24)19-32(45)39(52)44-27-10-6-9-25(15-27)37(50)43-28-11-12-30-26(16-34(40)47)17-36(49)55-33(30)18-28/h3-12,15,17-18,29,31-32H,13-14,16,19-22H2,1-2H3,(H2,40,47)(H,41,51)(H,42,46)(H,43,50)(H,44,52)/t29?,31-,32-,56?/m0/s1. The van der Waals surface area contributed by atoms with Crippen LogP contribution in [0.4, 0.5) is 11.4 Å². The maximum Gasteiger partial charge on any atom is 0.336 e. The SMILES string of the molecule is CC(=O)N[C@@H](CCS(C)=O)C(=O)NCC(=O)N1CC(OCc2ccccc2)C[C@H]1C(=O)Nc1cccc(C(=O)Nc2ccc3c(CC(N)=O)cc(=O)oc3c2)c1. The molecule has 16 nitrogen and oxygen atoms in total. The highest BCUT2D eigenvalue weighted by Gasteiger charge is 2.40. The number of rotatable bonds is 16. The van der Waals surface area contributed by atoms with Crippen LogP contribution in [0, 0.1) is 0 Å². The average molecular weight is 787 g/mol. The zero-order valence-electron chi connectivity index (χ0n) is 30.7. The first-order chi connectivity index (χ1) is 26.7. The zero-order valence-corrected chi connectivity index (χ0v) is 31.5. The molecule has 6 amide bonds. The van der Waals surface area contributed by atoms with E-state index in [-0.39, 0.29) is 55.0 Å². The van der Waals surface area contributed by atoms with Crippen LogP contribution < -0.4 is 32.6 Å². The van der Waals surface area contributed by atoms with E-state index >= 15 is 0 Å². The van der Waals surface area contributed by atoms with Gasteiger partial charge in [-0.3, -0.25) is 33.0 Å². The number of carbonyl (C=O) groups is 6. The van der Waals surface area contributed by atoms with Crippen molar-refractivity contribution in [2.45, 2.75) is 51.0 Å². The van der Waals surface area contributed by atoms with Crippen molar-refractivity contribution in [3.8, 4) is 0 Å². The largest absolute Gasteiger partial charge is 0.423 e. The molecule has 3 aromatic carbocycles. The number of primary amides is 1. The lowest BCUT2D eigenvalue weighted by atomic mass is 10.1. The summed E-state index contributed by atoms with van der Waals surface area (Å²) in [5, 5.41) is 11.0. The van der Waals surface area contributed by atoms with Gasteiger partial charge in [0.2, 0.25) is 29.5 Å². The molecule has 56 heavy (non-hydrogen) atoms. The highest BCUT2D eigenvalue weighted by atomic mass is 32.2. The van der Waals surface area contributed by atoms with Gasteiger partial charge in [0, 0.05) is 77.2 Å². The number of hydrogen-bond acceptors (Lipinski definition) is 10. The average Bonchev–Trinajstić information content (AvgIpc) is 3.59. The topological polar surface area (TPSA) is 236 Å². The first-order valence-corrected chi connectivity index (χ1v) is 19.4. The summed E-state index contributed by atoms with van der Waals surface area (Å²) in [6, 6.07) is 19.3. The summed E-state index contributed by atoms with van der Waals surface area (Å²) in [7, 11) is -1.21. The van der Waals surface area contributed by atoms with Gasteiger partial charge in [0.05, 0.1) is 25.7 Å². The number of amides is 6. The lowest BCUT2D eigenvalue weighted by molar-refractivity contribution is -0.137. The number of nitrogens with one attached hydrogen (secondary N) is 4. The fourth-order valence-corrected chi connectivity index (χ4v) is 6.79. The Balaban J connectivity index is 1.28. The molecular weight excluding hydrogens is 745 g/mol. The van der Waals surface area contributed by atoms with E-state index in [9.17, 15) is 37.8 Å². The van der Waals surface area contributed by atoms with Crippen molar-refractivity contribution >= 4 is 68.6 Å². The van der Waals surface area contributed by atoms with Crippen molar-refractivity contribution in [1.29, 1.82) is 0 Å². The van der Waals surface area contributed by atoms with Crippen molar-refractivity contribution in [3.05, 3.63) is 106 Å². The monoisotopic (exact) mass is 786 g/mol. The number of ether oxygens (including phenoxy) is 1. The Bertz CT molecular complexity index is 2210. The quantitative estimate of drug-likeness (QED) is 0.103. The molecular formula is C39H42N6O10S. The van der Waals surface area contributed by atoms with E-state index in [2.05, 4.69) is 21.3 Å². The lowest BCUT2D eigenvalue weighted by Crippen LogP contribution is -2.51. The van der Waals surface area contributed by atoms with Crippen molar-refractivity contribution in [2.75, 3.05) is 35.7 Å². The van der Waals surface area contributed by atoms with Crippen molar-refractivity contribution in [2.24, 2.45) is 5.73 Å². The molecule has 1 fully saturated rings. The molecule has 1 aromatic heterocycles. The minimum absolute atomic E-state index is 0.0575. The Morgan fingerprint density at radius 3 is 2.43 bits per heavy atom. The molecule has 2 unspecified atom stereocenters. The number of hydrogen-bond donors (Lipinski definition) is 5. The molecule has 294 valence electrons. The van der Waals surface area contributed by atoms with Crippen LogP contribution in [0.25, 0.3) is 11.0 Å². The van der Waals surface area contributed by atoms with E-state index in [1.165, 1.54) is 42.3 Å². The van der Waals surface area contributed by atoms with Gasteiger partial charge in [-0.25, -0.2) is 4.79 Å². The Kier molecular flexibility index (Phi) is 13.8. The van der Waals surface area contributed by atoms with Crippen LogP contribution in [0.1, 0.15) is 41.3 Å². The second-order valence-electron chi connectivity index (χ2n) is 13.2. The van der Waals surface area contributed by atoms with E-state index in [1.807, 2.05) is 30.3 Å². The summed E-state index contributed by atoms with van der Waals surface area (Å²) in [6.45, 7) is 1.07. The van der Waals surface area contributed by atoms with E-state index in [4.69, 9.17) is 14.9 Å². The fraction of sp³-hybridized carbons (Fsp3) is 0.308. The number of fused-ring (bicyclic) bond motifs is 1. The number of carbonyl (C=O) groups excluding carboxylic acids is 6. The van der Waals surface area contributed by atoms with Gasteiger partial charge in [-0.15, -0.1) is 0 Å². The first-order valence-electron chi connectivity index (χ1n) is 17.6. The van der Waals surface area contributed by atoms with Crippen LogP contribution in [0.5, 0.6) is 0 Å². The normalized spacial score (nSPS) is 16.1. The second kappa shape index (κ2) is 18.9. The van der Waals surface area contributed by atoms with Crippen LogP contribution >= 0.6 is 0 Å². The van der Waals surface area contributed by atoms with E-state index in [0.29, 0.717) is 16.6 Å². The van der Waals surface area contributed by atoms with Gasteiger partial charge in [-0.1, -0.05) is 36.4 Å². The molecule has 1 aliphatic rings. The smallest absolute Gasteiger partial charge is 0.336 e. The van der Waals surface area contributed by atoms with Gasteiger partial charge in [0.25, 0.3) is 5.91 Å². The third-order valence-corrected chi connectivity index (χ3v) is 9.67. The van der Waals surface area contributed by atoms with Crippen LogP contribution in [-0.2, 0) is 52.5 Å². The molecule has 6 N–H and O–H groups in total. The van der Waals surface area contributed by atoms with E-state index in [0.717, 1.165) is 5.56 Å². The molecule has 0 aliphatic carbocycles. The second-order valence-corrected chi connectivity index (χ2v) is 14.8. The van der Waals surface area contributed by atoms with Crippen LogP contribution in [-0.4, -0.2) is 87.8 Å². The molecule has 4 aromatic rings. The highest BCUT2D eigenvalue weighted by Crippen LogP contribution is 2.25. The van der Waals surface area contributed by atoms with E-state index < -0.39 is 76.6 Å². The predicted octanol–water partition coefficient (Wildman–Crippen LogP) is 1.59. The molecule has 2 heterocycles. The van der Waals surface area contributed by atoms with E-state index in [1.54, 1.807) is 24.3 Å². The highest BCUT2D eigenvalue weighted by molar-refractivity contribution is 7.84. The Morgan fingerprint density at radius 2 is 1.71 bits per heavy atom. The van der Waals surface area contributed by atoms with Gasteiger partial charge in [-0.05, 0) is 47.9 Å². The lowest BCUT2D eigenvalue weighted by Gasteiger charge is -2.24. The van der Waals surface area contributed by atoms with Crippen molar-refractivity contribution < 1.29 is 42.1 Å². The summed E-state index contributed by atoms with van der Waals surface area (Å²) in [5.41, 5.74) is 6.82. The molecule has 4 atom stereocenters. The Morgan fingerprint density at radius 1 is 0.964 bits per heavy atom. The van der Waals surface area contributed by atoms with Gasteiger partial charge in [0.15, 0.2) is 0 Å². The van der Waals surface area contributed by atoms with Gasteiger partial charge < -0.3 is 41.1 Å². The van der Waals surface area contributed by atoms with Gasteiger partial charge >= 0.3 is 5.63 Å². The molecule has 1 saturated heterocycles. The minimum Gasteiger partial charge on any atom is -0.423 e. The Hall–Kier alpha value is -6.20. The summed E-state index contributed by atoms with van der Waals surface area (Å²) in [4.78, 5) is 90.2. The van der Waals surface area contributed by atoms with Crippen molar-refractivity contribution in [1.82, 2.24) is 15.5 Å². The van der Waals surface area contributed by atoms with Crippen LogP contribution in [0.3, 0.4) is 0 Å². The summed E-state index contributed by atoms with van der Waals surface area (Å²) < 4.78 is 23.0. The number of benzene rings is 3. The maximum absolute atomic E-state index is 13.8. The summed E-state index contributed by atoms with van der Waals surface area (Å²) in [5.74, 6) is -3.21. The summed E-state index contributed by atoms with van der Waals surface area (Å²) >= 11 is 0. The number of nitrogens with zero attached hydrogens (tertiary/aromatic N) is 1. The molecule has 0 saturated carbocycles. The van der Waals surface area contributed by atoms with Crippen LogP contribution in [0.15, 0.2) is 88.1 Å². The van der Waals surface area contributed by atoms with Gasteiger partial charge in [0.1, 0.15) is 17.7 Å². The number of nitrogens with two attached hydrogens (primary N) is 1. The predicted molar refractivity (Wildman–Crippen MR) is 208 cm³/mol. The maximum atomic E-state index is 13.8. The zero-order chi connectivity index (χ0) is 40.4. The third-order valence-electron chi connectivity index (χ3n) is 8.86. The molecule has 0 radical (unpaired) electrons. The van der Waals surface area contributed by atoms with Gasteiger partial charge in [-0.2, -0.15) is 0 Å². The molecule has 5 rings (SSSR count). The molecule has 17 heteroatoms. The minimum atomic E-state index is -1.21. The number of likely N-dealkylation sites (tertiary alicyclic amines) is 1. The first kappa shape index (κ1) is 41.0. The molecule has 0 bridgehead atoms. The third kappa shape index (κ3) is 11.4. The van der Waals surface area contributed by atoms with Crippen LogP contribution in [0.2, 0.25) is 0 Å². The fourth-order valence-electron chi connectivity index (χ4n) is 6.22. The molecule has 0 spiro atoms. The number of anilines is 2. The molecule has 1 aliphatic heterocycles. The summed E-state index contributed by atoms with van der Waals surface area (Å²) in [6.07, 6.45) is 1.04.